The SMILES string of the molecule is CCCCN(C)CCC(C#N)(NCCC)c1ccccc1. The molecule has 21 heavy (non-hydrogen) atoms. The molecular weight excluding hydrogens is 258 g/mol. The van der Waals surface area contributed by atoms with Gasteiger partial charge >= 0.3 is 0 Å². The minimum absolute atomic E-state index is 0.572. The van der Waals surface area contributed by atoms with Crippen molar-refractivity contribution in [3.05, 3.63) is 35.9 Å². The fourth-order valence-corrected chi connectivity index (χ4v) is 2.45. The Morgan fingerprint density at radius 3 is 2.43 bits per heavy atom. The van der Waals surface area contributed by atoms with Crippen molar-refractivity contribution in [2.24, 2.45) is 0 Å². The fourth-order valence-electron chi connectivity index (χ4n) is 2.45. The van der Waals surface area contributed by atoms with E-state index in [0.29, 0.717) is 0 Å². The summed E-state index contributed by atoms with van der Waals surface area (Å²) >= 11 is 0. The molecule has 3 nitrogen and oxygen atoms in total. The molecule has 0 amide bonds. The van der Waals surface area contributed by atoms with Gasteiger partial charge in [-0.3, -0.25) is 5.32 Å². The molecule has 0 aliphatic carbocycles. The van der Waals surface area contributed by atoms with Gasteiger partial charge in [0, 0.05) is 6.54 Å². The van der Waals surface area contributed by atoms with Crippen LogP contribution in [0.3, 0.4) is 0 Å². The standard InChI is InChI=1S/C18H29N3/c1-4-6-14-21(3)15-12-18(16-19,20-13-5-2)17-10-8-7-9-11-17/h7-11,20H,4-6,12-15H2,1-3H3. The lowest BCUT2D eigenvalue weighted by Crippen LogP contribution is -2.44. The second-order valence-corrected chi connectivity index (χ2v) is 5.72. The molecule has 1 atom stereocenters. The third-order valence-electron chi connectivity index (χ3n) is 3.90. The highest BCUT2D eigenvalue weighted by Crippen LogP contribution is 2.25. The molecule has 1 aromatic rings. The number of benzene rings is 1. The number of hydrogen-bond donors (Lipinski definition) is 1. The van der Waals surface area contributed by atoms with Crippen LogP contribution in [0.1, 0.15) is 45.1 Å². The monoisotopic (exact) mass is 287 g/mol. The quantitative estimate of drug-likeness (QED) is 0.715. The summed E-state index contributed by atoms with van der Waals surface area (Å²) in [7, 11) is 2.14. The Labute approximate surface area is 130 Å². The highest BCUT2D eigenvalue weighted by atomic mass is 15.1. The van der Waals surface area contributed by atoms with Crippen molar-refractivity contribution >= 4 is 0 Å². The summed E-state index contributed by atoms with van der Waals surface area (Å²) in [5, 5.41) is 13.3. The van der Waals surface area contributed by atoms with E-state index in [2.05, 4.69) is 49.3 Å². The van der Waals surface area contributed by atoms with E-state index in [4.69, 9.17) is 0 Å². The van der Waals surface area contributed by atoms with Crippen LogP contribution in [0.25, 0.3) is 0 Å². The topological polar surface area (TPSA) is 39.1 Å². The number of nitrogens with zero attached hydrogens (tertiary/aromatic N) is 2. The van der Waals surface area contributed by atoms with Gasteiger partial charge in [-0.05, 0) is 45.0 Å². The summed E-state index contributed by atoms with van der Waals surface area (Å²) in [6.45, 7) is 7.23. The number of hydrogen-bond acceptors (Lipinski definition) is 3. The van der Waals surface area contributed by atoms with Gasteiger partial charge in [0.2, 0.25) is 0 Å². The number of nitrogens with one attached hydrogen (secondary N) is 1. The molecule has 3 heteroatoms. The van der Waals surface area contributed by atoms with Crippen molar-refractivity contribution in [2.45, 2.75) is 45.1 Å². The Balaban J connectivity index is 2.79. The van der Waals surface area contributed by atoms with Crippen LogP contribution in [0.15, 0.2) is 30.3 Å². The van der Waals surface area contributed by atoms with Crippen LogP contribution in [-0.2, 0) is 5.54 Å². The molecule has 0 aliphatic rings. The van der Waals surface area contributed by atoms with E-state index in [0.717, 1.165) is 38.0 Å². The summed E-state index contributed by atoms with van der Waals surface area (Å²) in [6, 6.07) is 12.7. The molecule has 1 unspecified atom stereocenters. The van der Waals surface area contributed by atoms with Gasteiger partial charge in [0.05, 0.1) is 6.07 Å². The zero-order valence-corrected chi connectivity index (χ0v) is 13.7. The lowest BCUT2D eigenvalue weighted by molar-refractivity contribution is 0.277. The summed E-state index contributed by atoms with van der Waals surface area (Å²) in [5.74, 6) is 0. The van der Waals surface area contributed by atoms with Crippen LogP contribution in [0.4, 0.5) is 0 Å². The Morgan fingerprint density at radius 1 is 1.14 bits per heavy atom. The molecule has 0 aliphatic heterocycles. The lowest BCUT2D eigenvalue weighted by Gasteiger charge is -2.30. The minimum Gasteiger partial charge on any atom is -0.306 e. The largest absolute Gasteiger partial charge is 0.306 e. The molecule has 1 N–H and O–H groups in total. The summed E-state index contributed by atoms with van der Waals surface area (Å²) in [6.07, 6.45) is 4.26. The van der Waals surface area contributed by atoms with Gasteiger partial charge in [-0.25, -0.2) is 0 Å². The van der Waals surface area contributed by atoms with Crippen LogP contribution in [0, 0.1) is 11.3 Å². The van der Waals surface area contributed by atoms with E-state index in [1.807, 2.05) is 18.2 Å². The minimum atomic E-state index is -0.572. The lowest BCUT2D eigenvalue weighted by atomic mass is 9.87. The molecule has 0 saturated carbocycles. The summed E-state index contributed by atoms with van der Waals surface area (Å²) in [5.41, 5.74) is 0.502. The van der Waals surface area contributed by atoms with Crippen molar-refractivity contribution < 1.29 is 0 Å². The van der Waals surface area contributed by atoms with E-state index >= 15 is 0 Å². The second-order valence-electron chi connectivity index (χ2n) is 5.72. The van der Waals surface area contributed by atoms with Crippen LogP contribution in [0.5, 0.6) is 0 Å². The number of nitriles is 1. The van der Waals surface area contributed by atoms with Crippen LogP contribution in [0.2, 0.25) is 0 Å². The molecule has 0 heterocycles. The highest BCUT2D eigenvalue weighted by Gasteiger charge is 2.31. The Kier molecular flexibility index (Phi) is 8.04. The first-order valence-corrected chi connectivity index (χ1v) is 8.09. The third kappa shape index (κ3) is 5.49. The zero-order valence-electron chi connectivity index (χ0n) is 13.7. The average molecular weight is 287 g/mol. The van der Waals surface area contributed by atoms with E-state index < -0.39 is 5.54 Å². The van der Waals surface area contributed by atoms with E-state index in [1.165, 1.54) is 12.8 Å². The van der Waals surface area contributed by atoms with Crippen molar-refractivity contribution in [3.63, 3.8) is 0 Å². The summed E-state index contributed by atoms with van der Waals surface area (Å²) < 4.78 is 0. The Hall–Kier alpha value is -1.37. The van der Waals surface area contributed by atoms with Gasteiger partial charge in [0.15, 0.2) is 0 Å². The number of unbranched alkanes of at least 4 members (excludes halogenated alkanes) is 1. The first-order valence-electron chi connectivity index (χ1n) is 8.09. The second kappa shape index (κ2) is 9.55. The molecule has 0 saturated heterocycles. The maximum atomic E-state index is 9.81. The van der Waals surface area contributed by atoms with E-state index in [9.17, 15) is 5.26 Å². The predicted octanol–water partition coefficient (Wildman–Crippen LogP) is 3.53. The summed E-state index contributed by atoms with van der Waals surface area (Å²) in [4.78, 5) is 2.33. The molecule has 0 fully saturated rings. The maximum absolute atomic E-state index is 9.81. The predicted molar refractivity (Wildman–Crippen MR) is 89.0 cm³/mol. The molecule has 0 aromatic heterocycles. The van der Waals surface area contributed by atoms with Crippen molar-refractivity contribution in [1.82, 2.24) is 10.2 Å². The Bertz CT molecular complexity index is 424. The van der Waals surface area contributed by atoms with E-state index in [1.54, 1.807) is 0 Å². The van der Waals surface area contributed by atoms with Crippen LogP contribution >= 0.6 is 0 Å². The van der Waals surface area contributed by atoms with Crippen molar-refractivity contribution in [3.8, 4) is 6.07 Å². The van der Waals surface area contributed by atoms with Crippen molar-refractivity contribution in [2.75, 3.05) is 26.7 Å². The van der Waals surface area contributed by atoms with Crippen LogP contribution < -0.4 is 5.32 Å². The highest BCUT2D eigenvalue weighted by molar-refractivity contribution is 5.31. The maximum Gasteiger partial charge on any atom is 0.133 e. The van der Waals surface area contributed by atoms with E-state index in [-0.39, 0.29) is 0 Å². The molecule has 0 spiro atoms. The average Bonchev–Trinajstić information content (AvgIpc) is 2.54. The zero-order chi connectivity index (χ0) is 15.6. The number of rotatable bonds is 10. The first kappa shape index (κ1) is 17.7. The Morgan fingerprint density at radius 2 is 1.86 bits per heavy atom. The van der Waals surface area contributed by atoms with Crippen LogP contribution in [-0.4, -0.2) is 31.6 Å². The molecule has 1 aromatic carbocycles. The molecular formula is C18H29N3. The van der Waals surface area contributed by atoms with Crippen molar-refractivity contribution in [1.29, 1.82) is 5.26 Å². The van der Waals surface area contributed by atoms with Gasteiger partial charge in [0.1, 0.15) is 5.54 Å². The fraction of sp³-hybridized carbons (Fsp3) is 0.611. The molecule has 1 rings (SSSR count). The third-order valence-corrected chi connectivity index (χ3v) is 3.90. The van der Waals surface area contributed by atoms with Gasteiger partial charge in [0.25, 0.3) is 0 Å². The van der Waals surface area contributed by atoms with Gasteiger partial charge in [-0.2, -0.15) is 5.26 Å². The van der Waals surface area contributed by atoms with Gasteiger partial charge in [-0.15, -0.1) is 0 Å². The van der Waals surface area contributed by atoms with Gasteiger partial charge in [-0.1, -0.05) is 50.6 Å². The molecule has 0 bridgehead atoms. The molecule has 116 valence electrons. The first-order chi connectivity index (χ1) is 10.2. The molecule has 0 radical (unpaired) electrons. The normalized spacial score (nSPS) is 13.9. The van der Waals surface area contributed by atoms with Gasteiger partial charge < -0.3 is 4.90 Å². The smallest absolute Gasteiger partial charge is 0.133 e.